The Hall–Kier alpha value is -2.08. The lowest BCUT2D eigenvalue weighted by Crippen LogP contribution is -2.46. The van der Waals surface area contributed by atoms with Crippen molar-refractivity contribution in [2.75, 3.05) is 50.1 Å². The Balaban J connectivity index is 1.82. The summed E-state index contributed by atoms with van der Waals surface area (Å²) in [6.07, 6.45) is 4.14. The number of carbonyl (C=O) groups excluding carboxylic acids is 2. The van der Waals surface area contributed by atoms with Crippen LogP contribution in [-0.2, 0) is 9.53 Å². The highest BCUT2D eigenvalue weighted by Gasteiger charge is 2.25. The van der Waals surface area contributed by atoms with E-state index in [1.54, 1.807) is 12.1 Å². The van der Waals surface area contributed by atoms with Crippen molar-refractivity contribution >= 4 is 23.3 Å². The molecule has 1 amide bonds. The van der Waals surface area contributed by atoms with Gasteiger partial charge in [0.05, 0.1) is 24.0 Å². The van der Waals surface area contributed by atoms with Crippen molar-refractivity contribution in [2.24, 2.45) is 5.92 Å². The number of piperazine rings is 1. The van der Waals surface area contributed by atoms with E-state index in [1.165, 1.54) is 7.11 Å². The lowest BCUT2D eigenvalue weighted by Gasteiger charge is -2.36. The smallest absolute Gasteiger partial charge is 0.337 e. The molecule has 1 aliphatic heterocycles. The molecule has 0 atom stereocenters. The summed E-state index contributed by atoms with van der Waals surface area (Å²) in [5.74, 6) is -0.233. The van der Waals surface area contributed by atoms with Crippen molar-refractivity contribution in [1.82, 2.24) is 4.90 Å². The molecule has 26 heavy (non-hydrogen) atoms. The molecule has 142 valence electrons. The van der Waals surface area contributed by atoms with Crippen LogP contribution in [0, 0.1) is 5.92 Å². The van der Waals surface area contributed by atoms with E-state index in [4.69, 9.17) is 4.74 Å². The summed E-state index contributed by atoms with van der Waals surface area (Å²) < 4.78 is 4.84. The Kier molecular flexibility index (Phi) is 6.14. The standard InChI is InChI=1S/C20H29N3O3/c1-3-22-10-12-23(13-11-22)18-9-8-16(20(25)26-2)14-17(18)21-19(24)15-6-4-5-7-15/h8-9,14-15H,3-7,10-13H2,1-2H3,(H,21,24). The van der Waals surface area contributed by atoms with E-state index in [9.17, 15) is 9.59 Å². The first-order valence-electron chi connectivity index (χ1n) is 9.63. The summed E-state index contributed by atoms with van der Waals surface area (Å²) in [5, 5.41) is 3.09. The van der Waals surface area contributed by atoms with Gasteiger partial charge in [0.25, 0.3) is 0 Å². The van der Waals surface area contributed by atoms with Crippen LogP contribution in [0.25, 0.3) is 0 Å². The third kappa shape index (κ3) is 4.18. The van der Waals surface area contributed by atoms with E-state index < -0.39 is 0 Å². The molecule has 1 saturated heterocycles. The van der Waals surface area contributed by atoms with Crippen LogP contribution in [0.3, 0.4) is 0 Å². The second-order valence-electron chi connectivity index (χ2n) is 7.12. The number of amides is 1. The average molecular weight is 359 g/mol. The maximum Gasteiger partial charge on any atom is 0.337 e. The zero-order valence-corrected chi connectivity index (χ0v) is 15.8. The quantitative estimate of drug-likeness (QED) is 0.819. The van der Waals surface area contributed by atoms with Crippen molar-refractivity contribution in [1.29, 1.82) is 0 Å². The number of nitrogens with zero attached hydrogens (tertiary/aromatic N) is 2. The van der Waals surface area contributed by atoms with Gasteiger partial charge in [0.2, 0.25) is 5.91 Å². The topological polar surface area (TPSA) is 61.9 Å². The van der Waals surface area contributed by atoms with E-state index in [1.807, 2.05) is 6.07 Å². The van der Waals surface area contributed by atoms with Crippen molar-refractivity contribution in [3.63, 3.8) is 0 Å². The number of esters is 1. The number of anilines is 2. The largest absolute Gasteiger partial charge is 0.465 e. The van der Waals surface area contributed by atoms with Gasteiger partial charge in [-0.05, 0) is 37.6 Å². The molecule has 6 heteroatoms. The predicted octanol–water partition coefficient (Wildman–Crippen LogP) is 2.74. The molecule has 2 fully saturated rings. The van der Waals surface area contributed by atoms with Gasteiger partial charge in [-0.3, -0.25) is 4.79 Å². The van der Waals surface area contributed by atoms with E-state index in [-0.39, 0.29) is 17.8 Å². The highest BCUT2D eigenvalue weighted by Crippen LogP contribution is 2.31. The number of hydrogen-bond acceptors (Lipinski definition) is 5. The van der Waals surface area contributed by atoms with Crippen LogP contribution in [-0.4, -0.2) is 56.6 Å². The Morgan fingerprint density at radius 2 is 1.85 bits per heavy atom. The SMILES string of the molecule is CCN1CCN(c2ccc(C(=O)OC)cc2NC(=O)C2CCCC2)CC1. The van der Waals surface area contributed by atoms with Gasteiger partial charge in [0.15, 0.2) is 0 Å². The number of hydrogen-bond donors (Lipinski definition) is 1. The fraction of sp³-hybridized carbons (Fsp3) is 0.600. The first kappa shape index (κ1) is 18.7. The van der Waals surface area contributed by atoms with Crippen molar-refractivity contribution < 1.29 is 14.3 Å². The van der Waals surface area contributed by atoms with Gasteiger partial charge in [0, 0.05) is 32.1 Å². The van der Waals surface area contributed by atoms with Gasteiger partial charge >= 0.3 is 5.97 Å². The molecule has 1 saturated carbocycles. The maximum absolute atomic E-state index is 12.6. The van der Waals surface area contributed by atoms with Crippen LogP contribution in [0.1, 0.15) is 43.0 Å². The molecule has 1 N–H and O–H groups in total. The zero-order chi connectivity index (χ0) is 18.5. The average Bonchev–Trinajstić information content (AvgIpc) is 3.22. The fourth-order valence-corrected chi connectivity index (χ4v) is 3.88. The molecule has 0 spiro atoms. The number of methoxy groups -OCH3 is 1. The van der Waals surface area contributed by atoms with Gasteiger partial charge < -0.3 is 19.9 Å². The highest BCUT2D eigenvalue weighted by molar-refractivity contribution is 5.99. The van der Waals surface area contributed by atoms with Crippen LogP contribution in [0.15, 0.2) is 18.2 Å². The van der Waals surface area contributed by atoms with Gasteiger partial charge in [-0.25, -0.2) is 4.79 Å². The number of rotatable bonds is 5. The maximum atomic E-state index is 12.6. The molecule has 0 unspecified atom stereocenters. The molecule has 1 aliphatic carbocycles. The predicted molar refractivity (Wildman–Crippen MR) is 103 cm³/mol. The van der Waals surface area contributed by atoms with Crippen molar-refractivity contribution in [2.45, 2.75) is 32.6 Å². The van der Waals surface area contributed by atoms with Crippen molar-refractivity contribution in [3.8, 4) is 0 Å². The van der Waals surface area contributed by atoms with Gasteiger partial charge in [0.1, 0.15) is 0 Å². The molecule has 1 heterocycles. The van der Waals surface area contributed by atoms with Gasteiger partial charge in [-0.1, -0.05) is 19.8 Å². The second kappa shape index (κ2) is 8.54. The third-order valence-corrected chi connectivity index (χ3v) is 5.56. The molecular formula is C20H29N3O3. The van der Waals surface area contributed by atoms with Gasteiger partial charge in [-0.15, -0.1) is 0 Å². The summed E-state index contributed by atoms with van der Waals surface area (Å²) >= 11 is 0. The minimum atomic E-state index is -0.385. The minimum absolute atomic E-state index is 0.0676. The Morgan fingerprint density at radius 1 is 1.15 bits per heavy atom. The summed E-state index contributed by atoms with van der Waals surface area (Å²) in [6, 6.07) is 5.46. The first-order chi connectivity index (χ1) is 12.6. The number of ether oxygens (including phenoxy) is 1. The minimum Gasteiger partial charge on any atom is -0.465 e. The Labute approximate surface area is 155 Å². The summed E-state index contributed by atoms with van der Waals surface area (Å²) in [4.78, 5) is 29.3. The molecular weight excluding hydrogens is 330 g/mol. The van der Waals surface area contributed by atoms with Crippen molar-refractivity contribution in [3.05, 3.63) is 23.8 Å². The van der Waals surface area contributed by atoms with E-state index >= 15 is 0 Å². The summed E-state index contributed by atoms with van der Waals surface area (Å²) in [6.45, 7) is 7.07. The van der Waals surface area contributed by atoms with Crippen LogP contribution in [0.2, 0.25) is 0 Å². The first-order valence-corrected chi connectivity index (χ1v) is 9.63. The van der Waals surface area contributed by atoms with Gasteiger partial charge in [-0.2, -0.15) is 0 Å². The summed E-state index contributed by atoms with van der Waals surface area (Å²) in [7, 11) is 1.37. The number of likely N-dealkylation sites (N-methyl/N-ethyl adjacent to an activating group) is 1. The lowest BCUT2D eigenvalue weighted by atomic mass is 10.1. The summed E-state index contributed by atoms with van der Waals surface area (Å²) in [5.41, 5.74) is 2.17. The molecule has 3 rings (SSSR count). The third-order valence-electron chi connectivity index (χ3n) is 5.56. The highest BCUT2D eigenvalue weighted by atomic mass is 16.5. The van der Waals surface area contributed by atoms with E-state index in [0.29, 0.717) is 5.56 Å². The monoisotopic (exact) mass is 359 g/mol. The normalized spacial score (nSPS) is 18.8. The fourth-order valence-electron chi connectivity index (χ4n) is 3.88. The number of benzene rings is 1. The van der Waals surface area contributed by atoms with E-state index in [2.05, 4.69) is 22.0 Å². The van der Waals surface area contributed by atoms with Crippen LogP contribution in [0.4, 0.5) is 11.4 Å². The zero-order valence-electron chi connectivity index (χ0n) is 15.8. The second-order valence-corrected chi connectivity index (χ2v) is 7.12. The van der Waals surface area contributed by atoms with Crippen LogP contribution < -0.4 is 10.2 Å². The number of carbonyl (C=O) groups is 2. The van der Waals surface area contributed by atoms with Crippen LogP contribution >= 0.6 is 0 Å². The van der Waals surface area contributed by atoms with Crippen LogP contribution in [0.5, 0.6) is 0 Å². The molecule has 0 bridgehead atoms. The number of nitrogens with one attached hydrogen (secondary N) is 1. The molecule has 2 aliphatic rings. The molecule has 0 radical (unpaired) electrons. The molecule has 6 nitrogen and oxygen atoms in total. The Bertz CT molecular complexity index is 648. The lowest BCUT2D eigenvalue weighted by molar-refractivity contribution is -0.119. The Morgan fingerprint density at radius 3 is 2.46 bits per heavy atom. The molecule has 1 aromatic carbocycles. The molecule has 0 aromatic heterocycles. The van der Waals surface area contributed by atoms with E-state index in [0.717, 1.165) is 69.8 Å². The molecule has 1 aromatic rings.